The topological polar surface area (TPSA) is 58.4 Å². The van der Waals surface area contributed by atoms with Gasteiger partial charge in [0.1, 0.15) is 5.69 Å². The van der Waals surface area contributed by atoms with Crippen molar-refractivity contribution in [2.24, 2.45) is 5.92 Å². The Morgan fingerprint density at radius 3 is 2.34 bits per heavy atom. The molecule has 0 bridgehead atoms. The van der Waals surface area contributed by atoms with Crippen LogP contribution in [-0.2, 0) is 0 Å². The molecule has 0 saturated carbocycles. The molecule has 1 saturated heterocycles. The number of likely N-dealkylation sites (tertiary alicyclic amines) is 1. The van der Waals surface area contributed by atoms with Crippen molar-refractivity contribution in [2.45, 2.75) is 32.9 Å². The smallest absolute Gasteiger partial charge is 0.273 e. The highest BCUT2D eigenvalue weighted by atomic mass is 35.5. The molecule has 0 N–H and O–H groups in total. The number of hydrogen-bond donors (Lipinski definition) is 0. The van der Waals surface area contributed by atoms with E-state index in [1.165, 1.54) is 0 Å². The number of carbonyl (C=O) groups excluding carboxylic acids is 2. The van der Waals surface area contributed by atoms with E-state index in [4.69, 9.17) is 16.7 Å². The van der Waals surface area contributed by atoms with Gasteiger partial charge in [0.05, 0.1) is 23.5 Å². The lowest BCUT2D eigenvalue weighted by molar-refractivity contribution is 0.00829. The molecule has 1 aromatic heterocycles. The van der Waals surface area contributed by atoms with Crippen LogP contribution in [0.2, 0.25) is 5.02 Å². The number of benzene rings is 2. The fourth-order valence-electron chi connectivity index (χ4n) is 4.86. The Bertz CT molecular complexity index is 1180. The van der Waals surface area contributed by atoms with Crippen molar-refractivity contribution >= 4 is 23.4 Å². The molecule has 2 aromatic carbocycles. The van der Waals surface area contributed by atoms with E-state index < -0.39 is 0 Å². The van der Waals surface area contributed by atoms with Crippen molar-refractivity contribution in [3.05, 3.63) is 82.1 Å². The monoisotopic (exact) mass is 448 g/mol. The molecule has 1 unspecified atom stereocenters. The number of para-hydroxylation sites is 1. The fraction of sp³-hybridized carbons (Fsp3) is 0.320. The number of fused-ring (bicyclic) bond motifs is 1. The lowest BCUT2D eigenvalue weighted by Gasteiger charge is -2.47. The van der Waals surface area contributed by atoms with Crippen LogP contribution in [0.1, 0.15) is 52.0 Å². The zero-order valence-electron chi connectivity index (χ0n) is 18.3. The first-order valence-corrected chi connectivity index (χ1v) is 11.3. The molecular formula is C25H25ClN4O2. The largest absolute Gasteiger partial charge is 0.334 e. The lowest BCUT2D eigenvalue weighted by Crippen LogP contribution is -2.62. The maximum Gasteiger partial charge on any atom is 0.273 e. The summed E-state index contributed by atoms with van der Waals surface area (Å²) in [6.07, 6.45) is 0. The van der Waals surface area contributed by atoms with Crippen LogP contribution in [0.5, 0.6) is 0 Å². The second kappa shape index (κ2) is 7.78. The van der Waals surface area contributed by atoms with Gasteiger partial charge in [-0.2, -0.15) is 5.10 Å². The van der Waals surface area contributed by atoms with Gasteiger partial charge >= 0.3 is 0 Å². The van der Waals surface area contributed by atoms with Crippen molar-refractivity contribution < 1.29 is 9.59 Å². The van der Waals surface area contributed by atoms with Gasteiger partial charge in [-0.25, -0.2) is 4.68 Å². The Morgan fingerprint density at radius 2 is 1.72 bits per heavy atom. The number of halogens is 1. The maximum absolute atomic E-state index is 13.7. The van der Waals surface area contributed by atoms with Gasteiger partial charge in [-0.05, 0) is 49.2 Å². The van der Waals surface area contributed by atoms with Crippen molar-refractivity contribution in [3.63, 3.8) is 0 Å². The number of aryl methyl sites for hydroxylation is 1. The van der Waals surface area contributed by atoms with Gasteiger partial charge < -0.3 is 9.80 Å². The predicted octanol–water partition coefficient (Wildman–Crippen LogP) is 4.51. The van der Waals surface area contributed by atoms with Gasteiger partial charge in [0.15, 0.2) is 0 Å². The van der Waals surface area contributed by atoms with Crippen LogP contribution in [0.4, 0.5) is 0 Å². The molecule has 164 valence electrons. The van der Waals surface area contributed by atoms with E-state index in [2.05, 4.69) is 13.8 Å². The highest BCUT2D eigenvalue weighted by Gasteiger charge is 2.49. The third-order valence-corrected chi connectivity index (χ3v) is 6.66. The normalized spacial score (nSPS) is 18.3. The third-order valence-electron chi connectivity index (χ3n) is 6.41. The van der Waals surface area contributed by atoms with Crippen molar-refractivity contribution in [3.8, 4) is 5.69 Å². The van der Waals surface area contributed by atoms with Crippen molar-refractivity contribution in [1.82, 2.24) is 19.6 Å². The number of aromatic nitrogens is 2. The summed E-state index contributed by atoms with van der Waals surface area (Å²) < 4.78 is 1.78. The van der Waals surface area contributed by atoms with E-state index in [9.17, 15) is 9.59 Å². The summed E-state index contributed by atoms with van der Waals surface area (Å²) in [5.41, 5.74) is 4.03. The quantitative estimate of drug-likeness (QED) is 0.590. The zero-order chi connectivity index (χ0) is 22.6. The first-order chi connectivity index (χ1) is 15.4. The molecule has 5 rings (SSSR count). The second-order valence-electron chi connectivity index (χ2n) is 8.87. The fourth-order valence-corrected chi connectivity index (χ4v) is 4.99. The second-order valence-corrected chi connectivity index (χ2v) is 9.30. The van der Waals surface area contributed by atoms with E-state index in [1.807, 2.05) is 42.2 Å². The molecule has 1 atom stereocenters. The lowest BCUT2D eigenvalue weighted by atomic mass is 9.94. The molecule has 6 nitrogen and oxygen atoms in total. The molecule has 1 fully saturated rings. The number of amides is 2. The Morgan fingerprint density at radius 1 is 1.06 bits per heavy atom. The van der Waals surface area contributed by atoms with Gasteiger partial charge in [-0.15, -0.1) is 0 Å². The van der Waals surface area contributed by atoms with Crippen LogP contribution in [0.25, 0.3) is 5.69 Å². The maximum atomic E-state index is 13.7. The van der Waals surface area contributed by atoms with E-state index in [-0.39, 0.29) is 29.8 Å². The summed E-state index contributed by atoms with van der Waals surface area (Å²) in [5.74, 6) is 0.190. The van der Waals surface area contributed by atoms with Crippen LogP contribution in [0.15, 0.2) is 54.6 Å². The minimum atomic E-state index is -0.0484. The summed E-state index contributed by atoms with van der Waals surface area (Å²) in [5, 5.41) is 5.31. The van der Waals surface area contributed by atoms with E-state index >= 15 is 0 Å². The average molecular weight is 449 g/mol. The number of rotatable bonds is 4. The summed E-state index contributed by atoms with van der Waals surface area (Å²) in [7, 11) is 0. The van der Waals surface area contributed by atoms with Crippen LogP contribution in [0, 0.1) is 12.8 Å². The Labute approximate surface area is 192 Å². The molecule has 0 spiro atoms. The standard InChI is InChI=1S/C25H25ClN4O2/c1-15(2)22-21-16(3)27-30(19-7-5-4-6-8-19)23(21)25(32)29(22)20-13-28(14-20)24(31)17-9-11-18(26)12-10-17/h4-12,15,20,22H,13-14H2,1-3H3. The highest BCUT2D eigenvalue weighted by molar-refractivity contribution is 6.30. The average Bonchev–Trinajstić information content (AvgIpc) is 3.24. The van der Waals surface area contributed by atoms with Gasteiger partial charge in [-0.1, -0.05) is 43.6 Å². The van der Waals surface area contributed by atoms with Crippen LogP contribution < -0.4 is 0 Å². The van der Waals surface area contributed by atoms with Crippen molar-refractivity contribution in [2.75, 3.05) is 13.1 Å². The zero-order valence-corrected chi connectivity index (χ0v) is 19.1. The number of hydrogen-bond acceptors (Lipinski definition) is 3. The minimum Gasteiger partial charge on any atom is -0.334 e. The number of carbonyl (C=O) groups is 2. The molecule has 7 heteroatoms. The van der Waals surface area contributed by atoms with Gasteiger partial charge in [-0.3, -0.25) is 9.59 Å². The Hall–Kier alpha value is -3.12. The Balaban J connectivity index is 1.42. The van der Waals surface area contributed by atoms with Crippen LogP contribution in [-0.4, -0.2) is 50.5 Å². The summed E-state index contributed by atoms with van der Waals surface area (Å²) >= 11 is 5.94. The molecule has 3 aromatic rings. The molecule has 3 heterocycles. The Kier molecular flexibility index (Phi) is 5.05. The molecule has 0 radical (unpaired) electrons. The van der Waals surface area contributed by atoms with E-state index in [0.29, 0.717) is 29.4 Å². The summed E-state index contributed by atoms with van der Waals surface area (Å²) in [6, 6.07) is 16.6. The molecule has 0 aliphatic carbocycles. The van der Waals surface area contributed by atoms with Crippen LogP contribution in [0.3, 0.4) is 0 Å². The first-order valence-electron chi connectivity index (χ1n) is 10.9. The molecular weight excluding hydrogens is 424 g/mol. The third kappa shape index (κ3) is 3.21. The van der Waals surface area contributed by atoms with Gasteiger partial charge in [0.2, 0.25) is 0 Å². The molecule has 2 aliphatic rings. The summed E-state index contributed by atoms with van der Waals surface area (Å²) in [6.45, 7) is 7.29. The SMILES string of the molecule is Cc1nn(-c2ccccc2)c2c1C(C(C)C)N(C1CN(C(=O)c3ccc(Cl)cc3)C1)C2=O. The molecule has 2 amide bonds. The minimum absolute atomic E-state index is 0.00764. The highest BCUT2D eigenvalue weighted by Crippen LogP contribution is 2.43. The van der Waals surface area contributed by atoms with Gasteiger partial charge in [0.25, 0.3) is 11.8 Å². The van der Waals surface area contributed by atoms with Crippen LogP contribution >= 0.6 is 11.6 Å². The number of nitrogens with zero attached hydrogens (tertiary/aromatic N) is 4. The summed E-state index contributed by atoms with van der Waals surface area (Å²) in [4.78, 5) is 30.3. The van der Waals surface area contributed by atoms with E-state index in [0.717, 1.165) is 16.9 Å². The van der Waals surface area contributed by atoms with Crippen molar-refractivity contribution in [1.29, 1.82) is 0 Å². The van der Waals surface area contributed by atoms with Gasteiger partial charge in [0, 0.05) is 29.2 Å². The predicted molar refractivity (Wildman–Crippen MR) is 123 cm³/mol. The molecule has 32 heavy (non-hydrogen) atoms. The molecule has 2 aliphatic heterocycles. The first kappa shape index (κ1) is 20.8. The van der Waals surface area contributed by atoms with E-state index in [1.54, 1.807) is 33.8 Å².